The lowest BCUT2D eigenvalue weighted by atomic mass is 10.2. The van der Waals surface area contributed by atoms with Gasteiger partial charge in [-0.1, -0.05) is 17.7 Å². The van der Waals surface area contributed by atoms with Crippen molar-refractivity contribution in [1.82, 2.24) is 0 Å². The van der Waals surface area contributed by atoms with Crippen LogP contribution < -0.4 is 5.43 Å². The third-order valence-electron chi connectivity index (χ3n) is 1.26. The molecule has 1 rings (SSSR count). The van der Waals surface area contributed by atoms with E-state index < -0.39 is 0 Å². The summed E-state index contributed by atoms with van der Waals surface area (Å²) in [6, 6.07) is 7.97. The van der Waals surface area contributed by atoms with Crippen molar-refractivity contribution in [1.29, 1.82) is 0 Å². The molecule has 2 heteroatoms. The summed E-state index contributed by atoms with van der Waals surface area (Å²) in [6.07, 6.45) is 0. The molecule has 0 unspecified atom stereocenters. The van der Waals surface area contributed by atoms with Crippen LogP contribution in [-0.4, -0.2) is 6.72 Å². The largest absolute Gasteiger partial charge is 0.279 e. The van der Waals surface area contributed by atoms with E-state index in [0.717, 1.165) is 5.69 Å². The van der Waals surface area contributed by atoms with E-state index >= 15 is 0 Å². The van der Waals surface area contributed by atoms with Gasteiger partial charge in [0.1, 0.15) is 0 Å². The molecular formula is C8H10N2. The normalized spacial score (nSPS) is 8.90. The van der Waals surface area contributed by atoms with Gasteiger partial charge in [-0.3, -0.25) is 5.43 Å². The molecule has 0 atom stereocenters. The quantitative estimate of drug-likeness (QED) is 0.485. The van der Waals surface area contributed by atoms with E-state index in [1.54, 1.807) is 0 Å². The number of rotatable bonds is 2. The molecule has 0 aromatic heterocycles. The van der Waals surface area contributed by atoms with Gasteiger partial charge in [-0.05, 0) is 19.1 Å². The van der Waals surface area contributed by atoms with Crippen LogP contribution >= 0.6 is 0 Å². The number of hydrazone groups is 1. The molecule has 0 aliphatic rings. The molecule has 0 saturated carbocycles. The molecule has 52 valence electrons. The van der Waals surface area contributed by atoms with Crippen LogP contribution in [-0.2, 0) is 0 Å². The molecule has 0 fully saturated rings. The Balaban J connectivity index is 2.78. The Labute approximate surface area is 60.6 Å². The first kappa shape index (κ1) is 6.81. The van der Waals surface area contributed by atoms with Crippen molar-refractivity contribution in [2.75, 3.05) is 5.43 Å². The molecule has 1 aromatic carbocycles. The van der Waals surface area contributed by atoms with E-state index in [9.17, 15) is 0 Å². The lowest BCUT2D eigenvalue weighted by molar-refractivity contribution is 1.35. The number of benzene rings is 1. The molecule has 1 N–H and O–H groups in total. The lowest BCUT2D eigenvalue weighted by Crippen LogP contribution is -1.84. The first-order valence-corrected chi connectivity index (χ1v) is 3.11. The second kappa shape index (κ2) is 3.01. The zero-order valence-corrected chi connectivity index (χ0v) is 5.96. The van der Waals surface area contributed by atoms with Crippen LogP contribution in [0.1, 0.15) is 5.56 Å². The first-order chi connectivity index (χ1) is 4.83. The Kier molecular flexibility index (Phi) is 2.05. The third kappa shape index (κ3) is 1.58. The zero-order valence-electron chi connectivity index (χ0n) is 5.96. The average Bonchev–Trinajstić information content (AvgIpc) is 1.95. The maximum absolute atomic E-state index is 3.54. The van der Waals surface area contributed by atoms with Gasteiger partial charge in [0.05, 0.1) is 5.69 Å². The molecule has 2 nitrogen and oxygen atoms in total. The van der Waals surface area contributed by atoms with Gasteiger partial charge >= 0.3 is 0 Å². The van der Waals surface area contributed by atoms with Crippen LogP contribution in [0, 0.1) is 6.92 Å². The smallest absolute Gasteiger partial charge is 0.0561 e. The summed E-state index contributed by atoms with van der Waals surface area (Å²) in [5.41, 5.74) is 4.97. The van der Waals surface area contributed by atoms with Crippen LogP contribution in [0.15, 0.2) is 29.4 Å². The van der Waals surface area contributed by atoms with Crippen molar-refractivity contribution in [3.8, 4) is 0 Å². The molecule has 0 spiro atoms. The van der Waals surface area contributed by atoms with Gasteiger partial charge in [0.2, 0.25) is 0 Å². The van der Waals surface area contributed by atoms with Crippen molar-refractivity contribution in [2.45, 2.75) is 6.92 Å². The number of hydrogen-bond acceptors (Lipinski definition) is 2. The minimum atomic E-state index is 0.973. The molecule has 0 amide bonds. The van der Waals surface area contributed by atoms with E-state index in [1.165, 1.54) is 5.56 Å². The van der Waals surface area contributed by atoms with Crippen molar-refractivity contribution < 1.29 is 0 Å². The highest BCUT2D eigenvalue weighted by atomic mass is 15.3. The highest BCUT2D eigenvalue weighted by molar-refractivity contribution is 5.45. The first-order valence-electron chi connectivity index (χ1n) is 3.11. The minimum Gasteiger partial charge on any atom is -0.279 e. The summed E-state index contributed by atoms with van der Waals surface area (Å²) in [4.78, 5) is 0. The van der Waals surface area contributed by atoms with Crippen molar-refractivity contribution in [2.24, 2.45) is 5.10 Å². The fourth-order valence-corrected chi connectivity index (χ4v) is 0.719. The van der Waals surface area contributed by atoms with Crippen LogP contribution in [0.25, 0.3) is 0 Å². The fraction of sp³-hybridized carbons (Fsp3) is 0.125. The number of aryl methyl sites for hydroxylation is 1. The van der Waals surface area contributed by atoms with Gasteiger partial charge in [-0.15, -0.1) is 0 Å². The predicted octanol–water partition coefficient (Wildman–Crippen LogP) is 2.02. The van der Waals surface area contributed by atoms with Crippen LogP contribution in [0.5, 0.6) is 0 Å². The Morgan fingerprint density at radius 2 is 1.90 bits per heavy atom. The highest BCUT2D eigenvalue weighted by Crippen LogP contribution is 2.07. The molecule has 0 heterocycles. The standard InChI is InChI=1S/C8H10N2/c1-7-3-5-8(6-4-7)10-9-2/h3-6,10H,2H2,1H3. The van der Waals surface area contributed by atoms with E-state index in [0.29, 0.717) is 0 Å². The third-order valence-corrected chi connectivity index (χ3v) is 1.26. The predicted molar refractivity (Wildman–Crippen MR) is 44.4 cm³/mol. The average molecular weight is 134 g/mol. The summed E-state index contributed by atoms with van der Waals surface area (Å²) < 4.78 is 0. The summed E-state index contributed by atoms with van der Waals surface area (Å²) in [5, 5.41) is 3.54. The van der Waals surface area contributed by atoms with Gasteiger partial charge in [-0.2, -0.15) is 5.10 Å². The van der Waals surface area contributed by atoms with Gasteiger partial charge in [-0.25, -0.2) is 0 Å². The van der Waals surface area contributed by atoms with Crippen molar-refractivity contribution in [3.05, 3.63) is 29.8 Å². The number of anilines is 1. The number of hydrogen-bond donors (Lipinski definition) is 1. The highest BCUT2D eigenvalue weighted by Gasteiger charge is 1.85. The zero-order chi connectivity index (χ0) is 7.40. The number of nitrogens with one attached hydrogen (secondary N) is 1. The molecule has 1 aromatic rings. The molecule has 0 aliphatic heterocycles. The van der Waals surface area contributed by atoms with Crippen LogP contribution in [0.3, 0.4) is 0 Å². The molecule has 0 radical (unpaired) electrons. The van der Waals surface area contributed by atoms with Gasteiger partial charge in [0.25, 0.3) is 0 Å². The van der Waals surface area contributed by atoms with Crippen molar-refractivity contribution >= 4 is 12.4 Å². The molecular weight excluding hydrogens is 124 g/mol. The van der Waals surface area contributed by atoms with E-state index in [4.69, 9.17) is 0 Å². The lowest BCUT2D eigenvalue weighted by Gasteiger charge is -1.97. The Morgan fingerprint density at radius 1 is 1.30 bits per heavy atom. The maximum atomic E-state index is 3.54. The molecule has 0 saturated heterocycles. The van der Waals surface area contributed by atoms with Crippen LogP contribution in [0.2, 0.25) is 0 Å². The summed E-state index contributed by atoms with van der Waals surface area (Å²) in [6.45, 7) is 5.36. The summed E-state index contributed by atoms with van der Waals surface area (Å²) in [7, 11) is 0. The fourth-order valence-electron chi connectivity index (χ4n) is 0.719. The second-order valence-electron chi connectivity index (χ2n) is 2.14. The van der Waals surface area contributed by atoms with Gasteiger partial charge in [0.15, 0.2) is 0 Å². The summed E-state index contributed by atoms with van der Waals surface area (Å²) >= 11 is 0. The molecule has 0 bridgehead atoms. The second-order valence-corrected chi connectivity index (χ2v) is 2.14. The molecule has 0 aliphatic carbocycles. The Bertz CT molecular complexity index is 213. The maximum Gasteiger partial charge on any atom is 0.0561 e. The topological polar surface area (TPSA) is 24.4 Å². The van der Waals surface area contributed by atoms with E-state index in [1.807, 2.05) is 31.2 Å². The van der Waals surface area contributed by atoms with E-state index in [2.05, 4.69) is 17.2 Å². The monoisotopic (exact) mass is 134 g/mol. The Hall–Kier alpha value is -1.31. The Morgan fingerprint density at radius 3 is 2.40 bits per heavy atom. The van der Waals surface area contributed by atoms with E-state index in [-0.39, 0.29) is 0 Å². The number of nitrogens with zero attached hydrogens (tertiary/aromatic N) is 1. The SMILES string of the molecule is C=NNc1ccc(C)cc1. The van der Waals surface area contributed by atoms with Gasteiger partial charge < -0.3 is 0 Å². The minimum absolute atomic E-state index is 0.973. The summed E-state index contributed by atoms with van der Waals surface area (Å²) in [5.74, 6) is 0. The van der Waals surface area contributed by atoms with Crippen LogP contribution in [0.4, 0.5) is 5.69 Å². The van der Waals surface area contributed by atoms with Gasteiger partial charge in [0, 0.05) is 6.72 Å². The molecule has 10 heavy (non-hydrogen) atoms. The van der Waals surface area contributed by atoms with Crippen molar-refractivity contribution in [3.63, 3.8) is 0 Å².